The minimum absolute atomic E-state index is 0.00198. The van der Waals surface area contributed by atoms with E-state index in [1.807, 2.05) is 41.4 Å². The highest BCUT2D eigenvalue weighted by atomic mass is 32.1. The van der Waals surface area contributed by atoms with E-state index in [1.54, 1.807) is 29.5 Å². The van der Waals surface area contributed by atoms with Crippen molar-refractivity contribution < 1.29 is 38.6 Å². The van der Waals surface area contributed by atoms with Gasteiger partial charge in [0.15, 0.2) is 22.5 Å². The van der Waals surface area contributed by atoms with Crippen LogP contribution in [0.4, 0.5) is 22.6 Å². The first-order chi connectivity index (χ1) is 43.4. The van der Waals surface area contributed by atoms with E-state index >= 15 is 0 Å². The van der Waals surface area contributed by atoms with Crippen LogP contribution in [0.1, 0.15) is 210 Å². The number of amides is 4. The second-order valence-electron chi connectivity index (χ2n) is 28.0. The van der Waals surface area contributed by atoms with Gasteiger partial charge >= 0.3 is 5.97 Å². The topological polar surface area (TPSA) is 227 Å². The van der Waals surface area contributed by atoms with E-state index in [9.17, 15) is 29.1 Å². The molecule has 478 valence electrons. The molecular formula is C70H89N11O8S. The molecule has 4 aromatic heterocycles. The Morgan fingerprint density at radius 2 is 1.44 bits per heavy atom. The lowest BCUT2D eigenvalue weighted by Gasteiger charge is -2.69. The number of aromatic nitrogens is 6. The van der Waals surface area contributed by atoms with Gasteiger partial charge < -0.3 is 29.7 Å². The van der Waals surface area contributed by atoms with Crippen LogP contribution in [-0.2, 0) is 27.3 Å². The van der Waals surface area contributed by atoms with Crippen molar-refractivity contribution in [3.63, 3.8) is 0 Å². The molecule has 6 aromatic rings. The molecule has 4 saturated carbocycles. The van der Waals surface area contributed by atoms with Crippen LogP contribution >= 0.6 is 11.3 Å². The van der Waals surface area contributed by atoms with Gasteiger partial charge in [-0.1, -0.05) is 114 Å². The number of thiazole rings is 1. The number of imide groups is 2. The number of carboxylic acids is 1. The number of hydrogen-bond acceptors (Lipinski definition) is 16. The number of unbranched alkanes of at least 4 members (excludes halogenated alkanes) is 13. The lowest BCUT2D eigenvalue weighted by Crippen LogP contribution is -2.64. The van der Waals surface area contributed by atoms with Gasteiger partial charge in [-0.2, -0.15) is 5.10 Å². The number of hydrogen-bond donors (Lipinski definition) is 3. The maximum absolute atomic E-state index is 13.1. The Kier molecular flexibility index (Phi) is 18.6. The Balaban J connectivity index is 0.538. The quantitative estimate of drug-likeness (QED) is 0.0281. The maximum Gasteiger partial charge on any atom is 0.355 e. The predicted octanol–water partition coefficient (Wildman–Crippen LogP) is 13.5. The molecule has 20 heteroatoms. The molecule has 13 rings (SSSR count). The van der Waals surface area contributed by atoms with Gasteiger partial charge in [-0.3, -0.25) is 34.1 Å². The first-order valence-electron chi connectivity index (χ1n) is 33.2. The van der Waals surface area contributed by atoms with Crippen LogP contribution in [-0.4, -0.2) is 126 Å². The fraction of sp³-hybridized carbons (Fsp3) is 0.571. The number of carbonyl (C=O) groups is 5. The third-order valence-corrected chi connectivity index (χ3v) is 21.2. The van der Waals surface area contributed by atoms with E-state index in [-0.39, 0.29) is 51.5 Å². The van der Waals surface area contributed by atoms with Crippen LogP contribution in [0.5, 0.6) is 5.75 Å². The lowest BCUT2D eigenvalue weighted by molar-refractivity contribution is -0.248. The van der Waals surface area contributed by atoms with Crippen molar-refractivity contribution in [2.75, 3.05) is 50.1 Å². The summed E-state index contributed by atoms with van der Waals surface area (Å²) in [6.45, 7) is 13.8. The molecule has 4 amide bonds. The van der Waals surface area contributed by atoms with E-state index < -0.39 is 35.6 Å². The van der Waals surface area contributed by atoms with E-state index in [2.05, 4.69) is 66.1 Å². The van der Waals surface area contributed by atoms with Crippen LogP contribution in [0.2, 0.25) is 0 Å². The number of benzene rings is 2. The Labute approximate surface area is 532 Å². The number of anilines is 4. The third kappa shape index (κ3) is 13.6. The molecule has 0 radical (unpaired) electrons. The lowest BCUT2D eigenvalue weighted by atomic mass is 9.39. The zero-order chi connectivity index (χ0) is 62.8. The fourth-order valence-electron chi connectivity index (χ4n) is 17.1. The number of likely N-dealkylation sites (N-methyl/N-ethyl adjacent to an activating group) is 1. The number of para-hydroxylation sites is 1. The first-order valence-corrected chi connectivity index (χ1v) is 34.1. The number of aromatic carboxylic acids is 1. The summed E-state index contributed by atoms with van der Waals surface area (Å²) in [5.41, 5.74) is 6.05. The van der Waals surface area contributed by atoms with Gasteiger partial charge in [0.1, 0.15) is 17.6 Å². The van der Waals surface area contributed by atoms with E-state index in [0.717, 1.165) is 127 Å². The molecule has 0 spiro atoms. The number of ether oxygens (including phenoxy) is 2. The van der Waals surface area contributed by atoms with Gasteiger partial charge in [-0.15, -0.1) is 10.2 Å². The second kappa shape index (κ2) is 26.6. The van der Waals surface area contributed by atoms with Crippen molar-refractivity contribution in [1.29, 1.82) is 0 Å². The number of nitrogens with zero attached hydrogens (tertiary/aromatic N) is 9. The number of nitrogens with one attached hydrogen (secondary N) is 2. The summed E-state index contributed by atoms with van der Waals surface area (Å²) in [6.07, 6.45) is 27.7. The molecule has 7 aliphatic rings. The van der Waals surface area contributed by atoms with Crippen molar-refractivity contribution in [2.45, 2.75) is 200 Å². The number of piperidine rings is 1. The smallest absolute Gasteiger partial charge is 0.355 e. The third-order valence-electron chi connectivity index (χ3n) is 20.3. The van der Waals surface area contributed by atoms with Crippen LogP contribution in [0, 0.1) is 30.1 Å². The van der Waals surface area contributed by atoms with Crippen LogP contribution in [0.25, 0.3) is 21.3 Å². The SMILES string of the molecule is Cc1c(Nc2nc3ccccc3s2)nnc2c1CCCN2c1ccc(-c2cnn(CC34CC5(C)CC(C)(C3)CC(OCCN(C)CCCCCCCCCCCCCCCCOc3ccc6c(c3)C(=O)N(C3CCC(=O)NC3=O)C6=O)(C5)C4)c2C)c(C(=O)O)n1. The number of carboxylic acid groups (broad SMARTS) is 1. The van der Waals surface area contributed by atoms with Crippen LogP contribution in [0.3, 0.4) is 0 Å². The highest BCUT2D eigenvalue weighted by Gasteiger charge is 2.66. The summed E-state index contributed by atoms with van der Waals surface area (Å²) in [5, 5.41) is 31.5. The molecule has 19 nitrogen and oxygen atoms in total. The number of fused-ring (bicyclic) bond motifs is 3. The molecular weight excluding hydrogens is 1150 g/mol. The zero-order valence-corrected chi connectivity index (χ0v) is 54.1. The van der Waals surface area contributed by atoms with Gasteiger partial charge in [-0.25, -0.2) is 14.8 Å². The van der Waals surface area contributed by atoms with Crippen molar-refractivity contribution in [3.8, 4) is 16.9 Å². The van der Waals surface area contributed by atoms with E-state index in [0.29, 0.717) is 41.9 Å². The normalized spacial score (nSPS) is 23.5. The summed E-state index contributed by atoms with van der Waals surface area (Å²) in [7, 11) is 2.25. The van der Waals surface area contributed by atoms with Gasteiger partial charge in [0.25, 0.3) is 11.8 Å². The summed E-state index contributed by atoms with van der Waals surface area (Å²) >= 11 is 1.58. The fourth-order valence-corrected chi connectivity index (χ4v) is 18.0. The Hall–Kier alpha value is -7.16. The largest absolute Gasteiger partial charge is 0.494 e. The summed E-state index contributed by atoms with van der Waals surface area (Å²) in [5.74, 6) is -0.695. The Morgan fingerprint density at radius 1 is 0.756 bits per heavy atom. The molecule has 1 saturated heterocycles. The maximum atomic E-state index is 13.1. The highest BCUT2D eigenvalue weighted by molar-refractivity contribution is 7.22. The Bertz CT molecular complexity index is 3620. The van der Waals surface area contributed by atoms with Crippen molar-refractivity contribution in [3.05, 3.63) is 94.4 Å². The average Bonchev–Trinajstić information content (AvgIpc) is 0.935. The van der Waals surface area contributed by atoms with Gasteiger partial charge in [-0.05, 0) is 157 Å². The zero-order valence-electron chi connectivity index (χ0n) is 53.3. The molecule has 2 aromatic carbocycles. The molecule has 3 N–H and O–H groups in total. The van der Waals surface area contributed by atoms with Gasteiger partial charge in [0.2, 0.25) is 11.8 Å². The number of rotatable bonds is 30. The summed E-state index contributed by atoms with van der Waals surface area (Å²) < 4.78 is 16.3. The van der Waals surface area contributed by atoms with Crippen LogP contribution in [0.15, 0.2) is 60.8 Å². The van der Waals surface area contributed by atoms with Crippen molar-refractivity contribution in [2.24, 2.45) is 16.2 Å². The molecule has 7 heterocycles. The van der Waals surface area contributed by atoms with Gasteiger partial charge in [0, 0.05) is 54.0 Å². The molecule has 3 unspecified atom stereocenters. The molecule has 3 aliphatic heterocycles. The van der Waals surface area contributed by atoms with Gasteiger partial charge in [0.05, 0.1) is 46.4 Å². The molecule has 5 fully saturated rings. The molecule has 3 atom stereocenters. The molecule has 4 bridgehead atoms. The predicted molar refractivity (Wildman–Crippen MR) is 348 cm³/mol. The van der Waals surface area contributed by atoms with Crippen molar-refractivity contribution in [1.82, 2.24) is 45.1 Å². The number of pyridine rings is 1. The summed E-state index contributed by atoms with van der Waals surface area (Å²) in [6, 6.07) is 15.8. The van der Waals surface area contributed by atoms with E-state index in [4.69, 9.17) is 29.6 Å². The Morgan fingerprint density at radius 3 is 2.16 bits per heavy atom. The monoisotopic (exact) mass is 1240 g/mol. The second-order valence-corrected chi connectivity index (χ2v) is 29.0. The average molecular weight is 1240 g/mol. The standard InChI is InChI=1S/C70H89N11O8S/c1-46-49-23-22-33-79(61(49)77-76-60(46)75-66-72-54-24-18-19-25-56(54)90-66)57-30-28-50(59(73-57)65(86)87)53-38-71-80(47(53)2)45-69-40-67(3)39-68(4,41-69)43-70(42-67,44-69)89-36-34-78(5)32-20-16-14-12-10-8-6-7-9-11-13-15-17-21-35-88-48-26-27-51-52(37-48)64(85)81(63(51)84)55-29-31-58(82)74-62(55)83/h18-19,24-28,30,37-38,55H,6-17,20-23,29,31-36,39-45H2,1-5H3,(H,86,87)(H,72,75,76)(H,74,82,83). The minimum Gasteiger partial charge on any atom is -0.494 e. The van der Waals surface area contributed by atoms with Crippen molar-refractivity contribution >= 4 is 73.7 Å². The highest BCUT2D eigenvalue weighted by Crippen LogP contribution is 2.72. The molecule has 90 heavy (non-hydrogen) atoms. The summed E-state index contributed by atoms with van der Waals surface area (Å²) in [4.78, 5) is 78.2. The van der Waals surface area contributed by atoms with E-state index in [1.165, 1.54) is 83.5 Å². The molecule has 4 aliphatic carbocycles. The number of carbonyl (C=O) groups excluding carboxylic acids is 4. The first kappa shape index (κ1) is 63.0. The minimum atomic E-state index is -1.08. The van der Waals surface area contributed by atoms with Crippen LogP contribution < -0.4 is 20.3 Å².